The van der Waals surface area contributed by atoms with Crippen LogP contribution in [0.4, 0.5) is 13.2 Å². The van der Waals surface area contributed by atoms with Gasteiger partial charge >= 0.3 is 6.18 Å². The summed E-state index contributed by atoms with van der Waals surface area (Å²) in [4.78, 5) is 3.76. The molecule has 1 aromatic rings. The van der Waals surface area contributed by atoms with Gasteiger partial charge in [-0.15, -0.1) is 0 Å². The number of hydrogen-bond donors (Lipinski definition) is 0. The molecule has 0 radical (unpaired) electrons. The minimum atomic E-state index is -4.28. The van der Waals surface area contributed by atoms with E-state index in [0.29, 0.717) is 11.3 Å². The summed E-state index contributed by atoms with van der Waals surface area (Å²) in [6.45, 7) is 1.73. The zero-order valence-electron chi connectivity index (χ0n) is 9.14. The van der Waals surface area contributed by atoms with Crippen LogP contribution >= 0.6 is 0 Å². The number of hydrogen-bond acceptors (Lipinski definition) is 1. The van der Waals surface area contributed by atoms with Gasteiger partial charge in [-0.2, -0.15) is 13.2 Å². The largest absolute Gasteiger partial charge is 0.418 e. The Labute approximate surface area is 92.7 Å². The van der Waals surface area contributed by atoms with Crippen LogP contribution in [-0.2, 0) is 6.18 Å². The van der Waals surface area contributed by atoms with Gasteiger partial charge in [0.15, 0.2) is 0 Å². The first kappa shape index (κ1) is 11.4. The standard InChI is InChI=1S/C12H14F3N/c1-8-6-10(9-4-2-3-5-9)11(7-16-8)12(13,14)15/h6-7,9H,2-5H2,1H3. The van der Waals surface area contributed by atoms with Gasteiger partial charge in [0.25, 0.3) is 0 Å². The Hall–Kier alpha value is -1.06. The van der Waals surface area contributed by atoms with Crippen molar-refractivity contribution in [2.75, 3.05) is 0 Å². The lowest BCUT2D eigenvalue weighted by Crippen LogP contribution is -2.12. The molecule has 1 fully saturated rings. The molecule has 4 heteroatoms. The molecule has 1 heterocycles. The van der Waals surface area contributed by atoms with E-state index in [4.69, 9.17) is 0 Å². The van der Waals surface area contributed by atoms with Crippen molar-refractivity contribution < 1.29 is 13.2 Å². The number of nitrogens with zero attached hydrogens (tertiary/aromatic N) is 1. The van der Waals surface area contributed by atoms with Gasteiger partial charge in [-0.1, -0.05) is 12.8 Å². The molecule has 0 N–H and O–H groups in total. The van der Waals surface area contributed by atoms with E-state index in [1.54, 1.807) is 13.0 Å². The Morgan fingerprint density at radius 3 is 2.44 bits per heavy atom. The second kappa shape index (κ2) is 4.07. The van der Waals surface area contributed by atoms with Gasteiger partial charge in [-0.25, -0.2) is 0 Å². The third kappa shape index (κ3) is 2.20. The predicted octanol–water partition coefficient (Wildman–Crippen LogP) is 4.07. The second-order valence-electron chi connectivity index (χ2n) is 4.39. The van der Waals surface area contributed by atoms with Crippen molar-refractivity contribution in [2.45, 2.75) is 44.7 Å². The van der Waals surface area contributed by atoms with Crippen molar-refractivity contribution in [3.05, 3.63) is 29.1 Å². The molecule has 0 bridgehead atoms. The van der Waals surface area contributed by atoms with Crippen LogP contribution in [0.25, 0.3) is 0 Å². The first-order valence-electron chi connectivity index (χ1n) is 5.52. The van der Waals surface area contributed by atoms with E-state index in [1.807, 2.05) is 0 Å². The van der Waals surface area contributed by atoms with Crippen LogP contribution in [0.1, 0.15) is 48.4 Å². The van der Waals surface area contributed by atoms with Crippen LogP contribution in [-0.4, -0.2) is 4.98 Å². The molecule has 1 aromatic heterocycles. The summed E-state index contributed by atoms with van der Waals surface area (Å²) in [6, 6.07) is 1.60. The number of rotatable bonds is 1. The lowest BCUT2D eigenvalue weighted by molar-refractivity contribution is -0.138. The molecule has 1 aliphatic carbocycles. The maximum Gasteiger partial charge on any atom is 0.418 e. The minimum absolute atomic E-state index is 0.0679. The topological polar surface area (TPSA) is 12.9 Å². The highest BCUT2D eigenvalue weighted by Gasteiger charge is 2.36. The van der Waals surface area contributed by atoms with Gasteiger partial charge in [-0.05, 0) is 37.3 Å². The van der Waals surface area contributed by atoms with Crippen LogP contribution in [0.3, 0.4) is 0 Å². The van der Waals surface area contributed by atoms with Gasteiger partial charge in [0.1, 0.15) is 0 Å². The lowest BCUT2D eigenvalue weighted by atomic mass is 9.93. The Balaban J connectivity index is 2.43. The summed E-state index contributed by atoms with van der Waals surface area (Å²) in [5, 5.41) is 0. The third-order valence-electron chi connectivity index (χ3n) is 3.17. The number of pyridine rings is 1. The number of aryl methyl sites for hydroxylation is 1. The fourth-order valence-electron chi connectivity index (χ4n) is 2.39. The molecule has 0 unspecified atom stereocenters. The molecule has 88 valence electrons. The fraction of sp³-hybridized carbons (Fsp3) is 0.583. The molecule has 0 atom stereocenters. The van der Waals surface area contributed by atoms with E-state index in [-0.39, 0.29) is 5.92 Å². The summed E-state index contributed by atoms with van der Waals surface area (Å²) in [6.07, 6.45) is 0.493. The van der Waals surface area contributed by atoms with E-state index in [9.17, 15) is 13.2 Å². The van der Waals surface area contributed by atoms with Gasteiger partial charge in [0, 0.05) is 11.9 Å². The van der Waals surface area contributed by atoms with Gasteiger partial charge in [0.05, 0.1) is 5.56 Å². The lowest BCUT2D eigenvalue weighted by Gasteiger charge is -2.17. The highest BCUT2D eigenvalue weighted by Crippen LogP contribution is 2.41. The molecule has 0 aromatic carbocycles. The predicted molar refractivity (Wildman–Crippen MR) is 55.2 cm³/mol. The highest BCUT2D eigenvalue weighted by molar-refractivity contribution is 5.32. The van der Waals surface area contributed by atoms with Crippen LogP contribution < -0.4 is 0 Å². The molecule has 0 spiro atoms. The highest BCUT2D eigenvalue weighted by atomic mass is 19.4. The van der Waals surface area contributed by atoms with E-state index >= 15 is 0 Å². The maximum atomic E-state index is 12.8. The maximum absolute atomic E-state index is 12.8. The number of alkyl halides is 3. The molecule has 0 saturated heterocycles. The van der Waals surface area contributed by atoms with E-state index < -0.39 is 11.7 Å². The molecule has 1 saturated carbocycles. The molecular weight excluding hydrogens is 215 g/mol. The van der Waals surface area contributed by atoms with Crippen molar-refractivity contribution in [1.29, 1.82) is 0 Å². The van der Waals surface area contributed by atoms with Gasteiger partial charge < -0.3 is 0 Å². The minimum Gasteiger partial charge on any atom is -0.261 e. The van der Waals surface area contributed by atoms with E-state index in [1.165, 1.54) is 0 Å². The van der Waals surface area contributed by atoms with Gasteiger partial charge in [-0.3, -0.25) is 4.98 Å². The van der Waals surface area contributed by atoms with Crippen molar-refractivity contribution in [3.63, 3.8) is 0 Å². The zero-order valence-corrected chi connectivity index (χ0v) is 9.14. The Kier molecular flexibility index (Phi) is 2.91. The monoisotopic (exact) mass is 229 g/mol. The summed E-state index contributed by atoms with van der Waals surface area (Å²) in [5.41, 5.74) is 0.553. The van der Waals surface area contributed by atoms with Crippen molar-refractivity contribution in [1.82, 2.24) is 4.98 Å². The van der Waals surface area contributed by atoms with E-state index in [0.717, 1.165) is 31.9 Å². The molecular formula is C12H14F3N. The summed E-state index contributed by atoms with van der Waals surface area (Å²) in [7, 11) is 0. The summed E-state index contributed by atoms with van der Waals surface area (Å²) in [5.74, 6) is 0.0679. The molecule has 1 aliphatic rings. The molecule has 1 nitrogen and oxygen atoms in total. The normalized spacial score (nSPS) is 18.0. The number of halogens is 3. The second-order valence-corrected chi connectivity index (χ2v) is 4.39. The molecule has 16 heavy (non-hydrogen) atoms. The number of aromatic nitrogens is 1. The molecule has 0 amide bonds. The van der Waals surface area contributed by atoms with Gasteiger partial charge in [0.2, 0.25) is 0 Å². The van der Waals surface area contributed by atoms with Crippen molar-refractivity contribution in [2.24, 2.45) is 0 Å². The zero-order chi connectivity index (χ0) is 11.8. The quantitative estimate of drug-likeness (QED) is 0.707. The average molecular weight is 229 g/mol. The average Bonchev–Trinajstić information content (AvgIpc) is 2.68. The molecule has 0 aliphatic heterocycles. The van der Waals surface area contributed by atoms with Crippen LogP contribution in [0.15, 0.2) is 12.3 Å². The van der Waals surface area contributed by atoms with Crippen LogP contribution in [0.2, 0.25) is 0 Å². The Bertz CT molecular complexity index is 378. The smallest absolute Gasteiger partial charge is 0.261 e. The fourth-order valence-corrected chi connectivity index (χ4v) is 2.39. The first-order valence-corrected chi connectivity index (χ1v) is 5.52. The van der Waals surface area contributed by atoms with E-state index in [2.05, 4.69) is 4.98 Å². The Morgan fingerprint density at radius 1 is 1.25 bits per heavy atom. The molecule has 2 rings (SSSR count). The summed E-state index contributed by atoms with van der Waals surface area (Å²) >= 11 is 0. The van der Waals surface area contributed by atoms with Crippen LogP contribution in [0.5, 0.6) is 0 Å². The third-order valence-corrected chi connectivity index (χ3v) is 3.17. The SMILES string of the molecule is Cc1cc(C2CCCC2)c(C(F)(F)F)cn1. The van der Waals surface area contributed by atoms with Crippen molar-refractivity contribution >= 4 is 0 Å². The van der Waals surface area contributed by atoms with Crippen molar-refractivity contribution in [3.8, 4) is 0 Å². The Morgan fingerprint density at radius 2 is 1.88 bits per heavy atom. The van der Waals surface area contributed by atoms with Crippen LogP contribution in [0, 0.1) is 6.92 Å². The first-order chi connectivity index (χ1) is 7.48. The summed E-state index contributed by atoms with van der Waals surface area (Å²) < 4.78 is 38.4.